The number of benzene rings is 2. The number of carbonyl (C=O) groups is 2. The first-order valence-corrected chi connectivity index (χ1v) is 12.7. The number of amides is 2. The summed E-state index contributed by atoms with van der Waals surface area (Å²) in [6.45, 7) is 5.65. The first kappa shape index (κ1) is 27.5. The van der Waals surface area contributed by atoms with Gasteiger partial charge in [-0.2, -0.15) is 0 Å². The number of fused-ring (bicyclic) bond motifs is 1. The third-order valence-corrected chi connectivity index (χ3v) is 6.20. The molecule has 11 heteroatoms. The number of nitrogens with one attached hydrogen (secondary N) is 2. The second-order valence-electron chi connectivity index (χ2n) is 10.3. The van der Waals surface area contributed by atoms with E-state index in [2.05, 4.69) is 15.3 Å². The molecular formula is C30H26F2N4O5. The van der Waals surface area contributed by atoms with Gasteiger partial charge in [0, 0.05) is 48.0 Å². The highest BCUT2D eigenvalue weighted by Crippen LogP contribution is 2.37. The van der Waals surface area contributed by atoms with Crippen molar-refractivity contribution >= 4 is 23.5 Å². The summed E-state index contributed by atoms with van der Waals surface area (Å²) in [4.78, 5) is 46.8. The van der Waals surface area contributed by atoms with E-state index in [9.17, 15) is 18.8 Å². The summed E-state index contributed by atoms with van der Waals surface area (Å²) in [6, 6.07) is 10.7. The Morgan fingerprint density at radius 2 is 1.78 bits per heavy atom. The van der Waals surface area contributed by atoms with Crippen LogP contribution in [0.1, 0.15) is 36.7 Å². The maximum Gasteiger partial charge on any atom is 0.416 e. The minimum absolute atomic E-state index is 0.0995. The first-order valence-electron chi connectivity index (χ1n) is 12.7. The lowest BCUT2D eigenvalue weighted by Gasteiger charge is -2.24. The number of H-pyrrole nitrogens is 1. The van der Waals surface area contributed by atoms with Crippen LogP contribution in [0.25, 0.3) is 11.1 Å². The molecule has 2 aromatic carbocycles. The van der Waals surface area contributed by atoms with Crippen LogP contribution in [0.3, 0.4) is 0 Å². The lowest BCUT2D eigenvalue weighted by atomic mass is 10.0. The average molecular weight is 561 g/mol. The molecule has 0 saturated heterocycles. The molecule has 2 amide bonds. The minimum atomic E-state index is -0.760. The zero-order chi connectivity index (χ0) is 29.3. The Morgan fingerprint density at radius 3 is 2.49 bits per heavy atom. The van der Waals surface area contributed by atoms with E-state index >= 15 is 4.39 Å². The lowest BCUT2D eigenvalue weighted by molar-refractivity contribution is 0.0582. The van der Waals surface area contributed by atoms with E-state index < -0.39 is 34.7 Å². The van der Waals surface area contributed by atoms with Gasteiger partial charge in [-0.15, -0.1) is 0 Å². The number of rotatable bonds is 5. The van der Waals surface area contributed by atoms with Gasteiger partial charge in [0.1, 0.15) is 28.5 Å². The van der Waals surface area contributed by atoms with Crippen LogP contribution in [-0.4, -0.2) is 34.1 Å². The molecule has 210 valence electrons. The summed E-state index contributed by atoms with van der Waals surface area (Å²) in [6.07, 6.45) is 4.03. The molecule has 4 aromatic rings. The number of anilines is 2. The molecule has 1 aliphatic heterocycles. The number of pyridine rings is 2. The molecule has 0 saturated carbocycles. The van der Waals surface area contributed by atoms with E-state index in [1.165, 1.54) is 59.9 Å². The van der Waals surface area contributed by atoms with Crippen molar-refractivity contribution in [2.24, 2.45) is 0 Å². The van der Waals surface area contributed by atoms with Crippen molar-refractivity contribution in [3.05, 3.63) is 100 Å². The largest absolute Gasteiger partial charge is 0.454 e. The second kappa shape index (κ2) is 10.8. The Morgan fingerprint density at radius 1 is 1.02 bits per heavy atom. The maximum absolute atomic E-state index is 15.1. The highest BCUT2D eigenvalue weighted by atomic mass is 19.1. The predicted molar refractivity (Wildman–Crippen MR) is 148 cm³/mol. The smallest absolute Gasteiger partial charge is 0.416 e. The SMILES string of the molecule is CC(C)(C)OC(=O)N1CCc2c(Oc3ccc(NC(=O)c4c[nH]cc(-c5ccc(F)cc5)c4=O)cc3F)ccnc21. The number of nitrogens with zero attached hydrogens (tertiary/aromatic N) is 2. The zero-order valence-electron chi connectivity index (χ0n) is 22.5. The fraction of sp³-hybridized carbons (Fsp3) is 0.200. The van der Waals surface area contributed by atoms with Crippen LogP contribution >= 0.6 is 0 Å². The normalized spacial score (nSPS) is 12.6. The van der Waals surface area contributed by atoms with Gasteiger partial charge in [0.2, 0.25) is 5.43 Å². The van der Waals surface area contributed by atoms with Crippen LogP contribution in [-0.2, 0) is 11.2 Å². The molecule has 3 heterocycles. The Kier molecular flexibility index (Phi) is 7.27. The van der Waals surface area contributed by atoms with E-state index in [4.69, 9.17) is 9.47 Å². The van der Waals surface area contributed by atoms with Gasteiger partial charge in [0.05, 0.1) is 0 Å². The zero-order valence-corrected chi connectivity index (χ0v) is 22.5. The first-order chi connectivity index (χ1) is 19.5. The van der Waals surface area contributed by atoms with Crippen molar-refractivity contribution in [2.45, 2.75) is 32.8 Å². The Hall–Kier alpha value is -5.06. The molecule has 2 N–H and O–H groups in total. The molecule has 9 nitrogen and oxygen atoms in total. The van der Waals surface area contributed by atoms with Gasteiger partial charge in [0.25, 0.3) is 5.91 Å². The van der Waals surface area contributed by atoms with Crippen LogP contribution in [0.5, 0.6) is 11.5 Å². The van der Waals surface area contributed by atoms with Gasteiger partial charge in [-0.1, -0.05) is 12.1 Å². The Labute approximate surface area is 233 Å². The van der Waals surface area contributed by atoms with E-state index in [0.717, 1.165) is 6.07 Å². The lowest BCUT2D eigenvalue weighted by Crippen LogP contribution is -2.36. The van der Waals surface area contributed by atoms with Crippen molar-refractivity contribution in [3.63, 3.8) is 0 Å². The summed E-state index contributed by atoms with van der Waals surface area (Å²) in [5.41, 5.74) is -0.0883. The Bertz CT molecular complexity index is 1700. The molecule has 2 aromatic heterocycles. The summed E-state index contributed by atoms with van der Waals surface area (Å²) in [5.74, 6) is -1.36. The van der Waals surface area contributed by atoms with Crippen LogP contribution < -0.4 is 20.4 Å². The second-order valence-corrected chi connectivity index (χ2v) is 10.3. The standard InChI is InChI=1S/C30H26F2N4O5/c1-30(2,3)41-29(39)36-13-11-20-24(10-12-34-27(20)36)40-25-9-8-19(14-23(25)32)35-28(38)22-16-33-15-21(26(22)37)17-4-6-18(31)7-5-17/h4-10,12,14-16H,11,13H2,1-3H3,(H,33,37)(H,35,38). The summed E-state index contributed by atoms with van der Waals surface area (Å²) >= 11 is 0. The third-order valence-electron chi connectivity index (χ3n) is 6.20. The molecular weight excluding hydrogens is 534 g/mol. The summed E-state index contributed by atoms with van der Waals surface area (Å²) in [5, 5.41) is 2.51. The average Bonchev–Trinajstić information content (AvgIpc) is 3.35. The molecule has 0 atom stereocenters. The summed E-state index contributed by atoms with van der Waals surface area (Å²) in [7, 11) is 0. The van der Waals surface area contributed by atoms with Crippen LogP contribution in [0.2, 0.25) is 0 Å². The van der Waals surface area contributed by atoms with Crippen molar-refractivity contribution in [3.8, 4) is 22.6 Å². The van der Waals surface area contributed by atoms with Crippen molar-refractivity contribution in [1.29, 1.82) is 0 Å². The van der Waals surface area contributed by atoms with Gasteiger partial charge in [0.15, 0.2) is 11.6 Å². The molecule has 0 radical (unpaired) electrons. The monoisotopic (exact) mass is 560 g/mol. The molecule has 0 unspecified atom stereocenters. The molecule has 0 spiro atoms. The highest BCUT2D eigenvalue weighted by molar-refractivity contribution is 6.04. The molecule has 0 fully saturated rings. The predicted octanol–water partition coefficient (Wildman–Crippen LogP) is 6.06. The molecule has 1 aliphatic rings. The number of carbonyl (C=O) groups excluding carboxylic acids is 2. The van der Waals surface area contributed by atoms with Gasteiger partial charge in [-0.25, -0.2) is 18.6 Å². The van der Waals surface area contributed by atoms with Gasteiger partial charge >= 0.3 is 6.09 Å². The number of hydrogen-bond acceptors (Lipinski definition) is 6. The quantitative estimate of drug-likeness (QED) is 0.307. The fourth-order valence-corrected chi connectivity index (χ4v) is 4.33. The van der Waals surface area contributed by atoms with Gasteiger partial charge in [-0.3, -0.25) is 14.5 Å². The summed E-state index contributed by atoms with van der Waals surface area (Å²) < 4.78 is 39.6. The van der Waals surface area contributed by atoms with Crippen molar-refractivity contribution < 1.29 is 27.8 Å². The van der Waals surface area contributed by atoms with E-state index in [1.807, 2.05) is 0 Å². The van der Waals surface area contributed by atoms with E-state index in [1.54, 1.807) is 26.8 Å². The van der Waals surface area contributed by atoms with Gasteiger partial charge in [-0.05, 0) is 63.1 Å². The molecule has 0 bridgehead atoms. The van der Waals surface area contributed by atoms with E-state index in [0.29, 0.717) is 35.7 Å². The van der Waals surface area contributed by atoms with Crippen molar-refractivity contribution in [2.75, 3.05) is 16.8 Å². The number of ether oxygens (including phenoxy) is 2. The molecule has 5 rings (SSSR count). The van der Waals surface area contributed by atoms with Crippen molar-refractivity contribution in [1.82, 2.24) is 9.97 Å². The maximum atomic E-state index is 15.1. The van der Waals surface area contributed by atoms with Crippen LogP contribution in [0.4, 0.5) is 25.1 Å². The van der Waals surface area contributed by atoms with Crippen LogP contribution in [0, 0.1) is 11.6 Å². The molecule has 41 heavy (non-hydrogen) atoms. The topological polar surface area (TPSA) is 114 Å². The number of aromatic amines is 1. The van der Waals surface area contributed by atoms with E-state index in [-0.39, 0.29) is 22.6 Å². The van der Waals surface area contributed by atoms with Gasteiger partial charge < -0.3 is 19.8 Å². The number of hydrogen-bond donors (Lipinski definition) is 2. The fourth-order valence-electron chi connectivity index (χ4n) is 4.33. The minimum Gasteiger partial charge on any atom is -0.454 e. The Balaban J connectivity index is 1.32. The highest BCUT2D eigenvalue weighted by Gasteiger charge is 2.32. The molecule has 0 aliphatic carbocycles. The number of halogens is 2. The number of aromatic nitrogens is 2. The third kappa shape index (κ3) is 5.93. The van der Waals surface area contributed by atoms with Crippen LogP contribution in [0.15, 0.2) is 71.9 Å².